The van der Waals surface area contributed by atoms with E-state index in [1.807, 2.05) is 0 Å². The molecule has 0 rings (SSSR count). The number of carboxylic acids is 3. The summed E-state index contributed by atoms with van der Waals surface area (Å²) >= 11 is 0. The Bertz CT molecular complexity index is 423. The van der Waals surface area contributed by atoms with E-state index in [9.17, 15) is 18.9 Å². The maximum Gasteiger partial charge on any atom is 0.325 e. The van der Waals surface area contributed by atoms with Crippen molar-refractivity contribution in [3.8, 4) is 0 Å². The zero-order valence-corrected chi connectivity index (χ0v) is 12.8. The summed E-state index contributed by atoms with van der Waals surface area (Å²) < 4.78 is 10.3. The molecular weight excluding hydrogens is 323 g/mol. The molecule has 0 fully saturated rings. The van der Waals surface area contributed by atoms with Gasteiger partial charge in [0.05, 0.1) is 6.42 Å². The first-order valence-corrected chi connectivity index (χ1v) is 7.85. The molecule has 0 saturated heterocycles. The van der Waals surface area contributed by atoms with Gasteiger partial charge < -0.3 is 36.2 Å². The lowest BCUT2D eigenvalue weighted by Gasteiger charge is -2.06. The minimum absolute atomic E-state index is 0.0838. The highest BCUT2D eigenvalue weighted by Crippen LogP contribution is 2.35. The first-order chi connectivity index (χ1) is 9.90. The van der Waals surface area contributed by atoms with Gasteiger partial charge in [-0.05, 0) is 19.9 Å². The van der Waals surface area contributed by atoms with Crippen LogP contribution in [0.4, 0.5) is 0 Å². The summed E-state index contributed by atoms with van der Waals surface area (Å²) in [5.41, 5.74) is 5.09. The highest BCUT2D eigenvalue weighted by atomic mass is 31.2. The summed E-state index contributed by atoms with van der Waals surface area (Å²) in [6, 6.07) is -2.02. The monoisotopic (exact) mass is 344 g/mol. The molecule has 0 aliphatic carbocycles. The van der Waals surface area contributed by atoms with Crippen LogP contribution in [0, 0.1) is 0 Å². The highest BCUT2D eigenvalue weighted by molar-refractivity contribution is 7.51. The summed E-state index contributed by atoms with van der Waals surface area (Å²) in [6.45, 7) is 0. The highest BCUT2D eigenvalue weighted by Gasteiger charge is 2.17. The number of likely N-dealkylation sites (N-methyl/N-ethyl adjacent to an activating group) is 1. The Morgan fingerprint density at radius 3 is 1.86 bits per heavy atom. The zero-order valence-electron chi connectivity index (χ0n) is 11.9. The van der Waals surface area contributed by atoms with E-state index in [4.69, 9.17) is 30.8 Å². The van der Waals surface area contributed by atoms with Gasteiger partial charge in [-0.3, -0.25) is 18.9 Å². The maximum absolute atomic E-state index is 10.3. The fourth-order valence-corrected chi connectivity index (χ4v) is 1.72. The number of hydrogen-bond acceptors (Lipinski definition) is 6. The molecule has 2 atom stereocenters. The van der Waals surface area contributed by atoms with Crippen LogP contribution in [0.1, 0.15) is 19.3 Å². The fraction of sp³-hybridized carbons (Fsp3) is 0.700. The van der Waals surface area contributed by atoms with Crippen molar-refractivity contribution < 1.29 is 44.1 Å². The molecular formula is C10H21N2O9P. The van der Waals surface area contributed by atoms with Crippen LogP contribution in [0.2, 0.25) is 0 Å². The van der Waals surface area contributed by atoms with Gasteiger partial charge in [-0.25, -0.2) is 0 Å². The van der Waals surface area contributed by atoms with E-state index in [0.717, 1.165) is 0 Å². The molecule has 0 bridgehead atoms. The lowest BCUT2D eigenvalue weighted by atomic mass is 10.2. The first kappa shape index (κ1) is 22.8. The van der Waals surface area contributed by atoms with Crippen LogP contribution in [-0.4, -0.2) is 68.3 Å². The van der Waals surface area contributed by atoms with Crippen molar-refractivity contribution in [1.29, 1.82) is 0 Å². The van der Waals surface area contributed by atoms with Gasteiger partial charge in [0.15, 0.2) is 0 Å². The van der Waals surface area contributed by atoms with E-state index in [-0.39, 0.29) is 19.0 Å². The quantitative estimate of drug-likeness (QED) is 0.239. The number of nitrogens with two attached hydrogens (primary N) is 1. The summed E-state index contributed by atoms with van der Waals surface area (Å²) in [6.07, 6.45) is -0.502. The fourth-order valence-electron chi connectivity index (χ4n) is 1.13. The van der Waals surface area contributed by atoms with Gasteiger partial charge in [0.2, 0.25) is 0 Å². The van der Waals surface area contributed by atoms with Crippen molar-refractivity contribution >= 4 is 25.5 Å². The molecule has 130 valence electrons. The third-order valence-electron chi connectivity index (χ3n) is 2.31. The molecule has 11 nitrogen and oxygen atoms in total. The molecule has 0 aromatic rings. The van der Waals surface area contributed by atoms with Crippen LogP contribution >= 0.6 is 7.60 Å². The molecule has 0 saturated carbocycles. The molecule has 0 radical (unpaired) electrons. The second-order valence-electron chi connectivity index (χ2n) is 4.25. The summed E-state index contributed by atoms with van der Waals surface area (Å²) in [5, 5.41) is 27.1. The predicted octanol–water partition coefficient (Wildman–Crippen LogP) is -1.51. The second-order valence-corrected chi connectivity index (χ2v) is 6.03. The third kappa shape index (κ3) is 14.9. The molecule has 0 aliphatic rings. The molecule has 0 aromatic carbocycles. The van der Waals surface area contributed by atoms with Crippen LogP contribution in [0.15, 0.2) is 0 Å². The summed E-state index contributed by atoms with van der Waals surface area (Å²) in [7, 11) is -2.60. The lowest BCUT2D eigenvalue weighted by Crippen LogP contribution is -2.35. The van der Waals surface area contributed by atoms with Crippen LogP contribution in [0.5, 0.6) is 0 Å². The van der Waals surface area contributed by atoms with Crippen molar-refractivity contribution in [2.24, 2.45) is 5.73 Å². The minimum Gasteiger partial charge on any atom is -0.481 e. The number of carbonyl (C=O) groups is 3. The van der Waals surface area contributed by atoms with Crippen molar-refractivity contribution in [3.63, 3.8) is 0 Å². The van der Waals surface area contributed by atoms with E-state index in [1.54, 1.807) is 0 Å². The molecule has 8 N–H and O–H groups in total. The van der Waals surface area contributed by atoms with E-state index >= 15 is 0 Å². The van der Waals surface area contributed by atoms with Gasteiger partial charge in [0, 0.05) is 6.16 Å². The Labute approximate surface area is 126 Å². The zero-order chi connectivity index (χ0) is 17.9. The Balaban J connectivity index is 0. The molecule has 0 amide bonds. The normalized spacial score (nSPS) is 13.5. The number of nitrogens with one attached hydrogen (secondary N) is 1. The Kier molecular flexibility index (Phi) is 11.5. The van der Waals surface area contributed by atoms with Crippen LogP contribution < -0.4 is 11.1 Å². The SMILES string of the molecule is CN[C@H](CC(=O)O)C(=O)O.NC(CCCP(=O)(O)O)C(=O)O. The standard InChI is InChI=1S/C5H12NO5P.C5H9NO4/c6-4(5(7)8)2-1-3-12(9,10)11;1-6-3(5(9)10)2-4(7)8/h4H,1-3,6H2,(H,7,8)(H2,9,10,11);3,6H,2H2,1H3,(H,7,8)(H,9,10)/t;3-/m.1/s1. The molecule has 0 heterocycles. The maximum atomic E-state index is 10.3. The predicted molar refractivity (Wildman–Crippen MR) is 74.5 cm³/mol. The van der Waals surface area contributed by atoms with E-state index in [1.165, 1.54) is 7.05 Å². The van der Waals surface area contributed by atoms with Crippen molar-refractivity contribution in [3.05, 3.63) is 0 Å². The first-order valence-electron chi connectivity index (χ1n) is 6.05. The summed E-state index contributed by atoms with van der Waals surface area (Å²) in [4.78, 5) is 47.0. The Hall–Kier alpha value is -1.52. The van der Waals surface area contributed by atoms with Gasteiger partial charge in [-0.15, -0.1) is 0 Å². The molecule has 0 aliphatic heterocycles. The lowest BCUT2D eigenvalue weighted by molar-refractivity contribution is -0.145. The molecule has 0 aromatic heterocycles. The van der Waals surface area contributed by atoms with Gasteiger partial charge >= 0.3 is 25.5 Å². The number of aliphatic carboxylic acids is 3. The van der Waals surface area contributed by atoms with Gasteiger partial charge in [-0.2, -0.15) is 0 Å². The summed E-state index contributed by atoms with van der Waals surface area (Å²) in [5.74, 6) is -3.42. The minimum atomic E-state index is -4.00. The van der Waals surface area contributed by atoms with Gasteiger partial charge in [0.25, 0.3) is 0 Å². The van der Waals surface area contributed by atoms with Crippen LogP contribution in [-0.2, 0) is 18.9 Å². The number of rotatable bonds is 9. The molecule has 1 unspecified atom stereocenters. The van der Waals surface area contributed by atoms with Crippen LogP contribution in [0.25, 0.3) is 0 Å². The van der Waals surface area contributed by atoms with Crippen molar-refractivity contribution in [1.82, 2.24) is 5.32 Å². The van der Waals surface area contributed by atoms with E-state index in [0.29, 0.717) is 0 Å². The van der Waals surface area contributed by atoms with Gasteiger partial charge in [0.1, 0.15) is 12.1 Å². The smallest absolute Gasteiger partial charge is 0.325 e. The Morgan fingerprint density at radius 1 is 1.14 bits per heavy atom. The number of hydrogen-bond donors (Lipinski definition) is 7. The van der Waals surface area contributed by atoms with E-state index in [2.05, 4.69) is 5.32 Å². The molecule has 0 spiro atoms. The third-order valence-corrected chi connectivity index (χ3v) is 3.21. The van der Waals surface area contributed by atoms with Crippen molar-refractivity contribution in [2.45, 2.75) is 31.3 Å². The second kappa shape index (κ2) is 11.1. The van der Waals surface area contributed by atoms with Gasteiger partial charge in [-0.1, -0.05) is 0 Å². The topological polar surface area (TPSA) is 207 Å². The average molecular weight is 344 g/mol. The van der Waals surface area contributed by atoms with E-state index < -0.39 is 44.0 Å². The number of carboxylic acid groups (broad SMARTS) is 3. The molecule has 12 heteroatoms. The largest absolute Gasteiger partial charge is 0.481 e. The van der Waals surface area contributed by atoms with Crippen molar-refractivity contribution in [2.75, 3.05) is 13.2 Å². The molecule has 22 heavy (non-hydrogen) atoms. The Morgan fingerprint density at radius 2 is 1.64 bits per heavy atom. The average Bonchev–Trinajstić information content (AvgIpc) is 2.34. The van der Waals surface area contributed by atoms with Crippen LogP contribution in [0.3, 0.4) is 0 Å².